The SMILES string of the molecule is CCCCCCO.CCOC(=O)/C=C\C(=O)O. The second-order valence-corrected chi connectivity index (χ2v) is 3.21. The number of hydrogen-bond acceptors (Lipinski definition) is 4. The number of esters is 1. The number of aliphatic carboxylic acids is 1. The maximum absolute atomic E-state index is 10.4. The number of carboxylic acids is 1. The summed E-state index contributed by atoms with van der Waals surface area (Å²) in [7, 11) is 0. The van der Waals surface area contributed by atoms with Gasteiger partial charge in [-0.05, 0) is 13.3 Å². The maximum Gasteiger partial charge on any atom is 0.330 e. The van der Waals surface area contributed by atoms with Gasteiger partial charge in [-0.2, -0.15) is 0 Å². The fourth-order valence-electron chi connectivity index (χ4n) is 0.868. The molecule has 0 saturated carbocycles. The molecule has 0 aromatic rings. The second kappa shape index (κ2) is 14.6. The lowest BCUT2D eigenvalue weighted by Gasteiger charge is -1.92. The van der Waals surface area contributed by atoms with Crippen LogP contribution in [0.25, 0.3) is 0 Å². The Labute approximate surface area is 102 Å². The van der Waals surface area contributed by atoms with Gasteiger partial charge in [-0.25, -0.2) is 9.59 Å². The van der Waals surface area contributed by atoms with Gasteiger partial charge in [0.2, 0.25) is 0 Å². The van der Waals surface area contributed by atoms with Crippen LogP contribution >= 0.6 is 0 Å². The van der Waals surface area contributed by atoms with Gasteiger partial charge in [-0.15, -0.1) is 0 Å². The zero-order chi connectivity index (χ0) is 13.5. The van der Waals surface area contributed by atoms with E-state index in [2.05, 4.69) is 11.7 Å². The smallest absolute Gasteiger partial charge is 0.330 e. The van der Waals surface area contributed by atoms with Crippen LogP contribution in [0.15, 0.2) is 12.2 Å². The Kier molecular flexibility index (Phi) is 15.5. The Bertz CT molecular complexity index is 219. The summed E-state index contributed by atoms with van der Waals surface area (Å²) in [5.74, 6) is -1.79. The summed E-state index contributed by atoms with van der Waals surface area (Å²) in [5.41, 5.74) is 0. The molecule has 0 spiro atoms. The van der Waals surface area contributed by atoms with E-state index in [-0.39, 0.29) is 6.61 Å². The molecule has 5 nitrogen and oxygen atoms in total. The monoisotopic (exact) mass is 246 g/mol. The molecule has 0 unspecified atom stereocenters. The van der Waals surface area contributed by atoms with Crippen molar-refractivity contribution in [1.29, 1.82) is 0 Å². The fraction of sp³-hybridized carbons (Fsp3) is 0.667. The molecular formula is C12H22O5. The number of aliphatic hydroxyl groups excluding tert-OH is 1. The van der Waals surface area contributed by atoms with Crippen LogP contribution in [0.5, 0.6) is 0 Å². The standard InChI is InChI=1S/C6H8O4.C6H14O/c1-2-10-6(9)4-3-5(7)8;1-2-3-4-5-6-7/h3-4H,2H2,1H3,(H,7,8);7H,2-6H2,1H3/b4-3-;. The molecule has 0 aliphatic carbocycles. The second-order valence-electron chi connectivity index (χ2n) is 3.21. The fourth-order valence-corrected chi connectivity index (χ4v) is 0.868. The average Bonchev–Trinajstić information content (AvgIpc) is 2.28. The van der Waals surface area contributed by atoms with Gasteiger partial charge < -0.3 is 14.9 Å². The van der Waals surface area contributed by atoms with Gasteiger partial charge in [0.25, 0.3) is 0 Å². The number of ether oxygens (including phenoxy) is 1. The Morgan fingerprint density at radius 3 is 2.18 bits per heavy atom. The highest BCUT2D eigenvalue weighted by atomic mass is 16.5. The summed E-state index contributed by atoms with van der Waals surface area (Å²) in [5, 5.41) is 16.3. The first-order valence-electron chi connectivity index (χ1n) is 5.77. The Balaban J connectivity index is 0. The first-order valence-corrected chi connectivity index (χ1v) is 5.77. The van der Waals surface area contributed by atoms with E-state index in [4.69, 9.17) is 10.2 Å². The van der Waals surface area contributed by atoms with Crippen molar-refractivity contribution in [2.45, 2.75) is 39.5 Å². The summed E-state index contributed by atoms with van der Waals surface area (Å²) in [6, 6.07) is 0. The van der Waals surface area contributed by atoms with E-state index < -0.39 is 11.9 Å². The largest absolute Gasteiger partial charge is 0.478 e. The number of rotatable bonds is 7. The van der Waals surface area contributed by atoms with Crippen molar-refractivity contribution < 1.29 is 24.5 Å². The molecule has 0 aromatic carbocycles. The molecule has 100 valence electrons. The lowest BCUT2D eigenvalue weighted by atomic mass is 10.2. The van der Waals surface area contributed by atoms with Crippen molar-refractivity contribution in [3.05, 3.63) is 12.2 Å². The number of aliphatic hydroxyl groups is 1. The molecule has 0 bridgehead atoms. The van der Waals surface area contributed by atoms with Crippen molar-refractivity contribution in [1.82, 2.24) is 0 Å². The summed E-state index contributed by atoms with van der Waals surface area (Å²) in [4.78, 5) is 20.2. The van der Waals surface area contributed by atoms with E-state index in [1.165, 1.54) is 19.3 Å². The molecule has 5 heteroatoms. The predicted molar refractivity (Wildman–Crippen MR) is 64.6 cm³/mol. The van der Waals surface area contributed by atoms with Crippen molar-refractivity contribution in [3.63, 3.8) is 0 Å². The van der Waals surface area contributed by atoms with Gasteiger partial charge in [-0.1, -0.05) is 26.2 Å². The molecule has 0 aliphatic rings. The number of carbonyl (C=O) groups is 2. The highest BCUT2D eigenvalue weighted by Crippen LogP contribution is 1.96. The average molecular weight is 246 g/mol. The number of carbonyl (C=O) groups excluding carboxylic acids is 1. The summed E-state index contributed by atoms with van der Waals surface area (Å²) in [6.07, 6.45) is 6.28. The molecule has 0 aromatic heterocycles. The van der Waals surface area contributed by atoms with Gasteiger partial charge in [0.1, 0.15) is 0 Å². The van der Waals surface area contributed by atoms with Crippen LogP contribution in [0.4, 0.5) is 0 Å². The first kappa shape index (κ1) is 18.0. The third-order valence-electron chi connectivity index (χ3n) is 1.66. The number of unbranched alkanes of at least 4 members (excludes halogenated alkanes) is 3. The van der Waals surface area contributed by atoms with E-state index in [1.807, 2.05) is 0 Å². The maximum atomic E-state index is 10.4. The van der Waals surface area contributed by atoms with Gasteiger partial charge in [-0.3, -0.25) is 0 Å². The van der Waals surface area contributed by atoms with Crippen molar-refractivity contribution >= 4 is 11.9 Å². The van der Waals surface area contributed by atoms with Gasteiger partial charge in [0, 0.05) is 18.8 Å². The lowest BCUT2D eigenvalue weighted by molar-refractivity contribution is -0.138. The third-order valence-corrected chi connectivity index (χ3v) is 1.66. The quantitative estimate of drug-likeness (QED) is 0.406. The molecular weight excluding hydrogens is 224 g/mol. The van der Waals surface area contributed by atoms with Crippen LogP contribution in [0.3, 0.4) is 0 Å². The van der Waals surface area contributed by atoms with Crippen LogP contribution < -0.4 is 0 Å². The van der Waals surface area contributed by atoms with E-state index in [0.29, 0.717) is 6.61 Å². The van der Waals surface area contributed by atoms with Gasteiger partial charge in [0.15, 0.2) is 0 Å². The minimum Gasteiger partial charge on any atom is -0.478 e. The highest BCUT2D eigenvalue weighted by Gasteiger charge is 1.94. The molecule has 0 aliphatic heterocycles. The van der Waals surface area contributed by atoms with E-state index in [1.54, 1.807) is 6.92 Å². The topological polar surface area (TPSA) is 83.8 Å². The normalized spacial score (nSPS) is 9.59. The number of carboxylic acid groups (broad SMARTS) is 1. The zero-order valence-electron chi connectivity index (χ0n) is 10.5. The molecule has 0 saturated heterocycles. The molecule has 0 radical (unpaired) electrons. The number of hydrogen-bond donors (Lipinski definition) is 2. The zero-order valence-corrected chi connectivity index (χ0v) is 10.5. The Hall–Kier alpha value is -1.36. The van der Waals surface area contributed by atoms with Crippen molar-refractivity contribution in [2.24, 2.45) is 0 Å². The van der Waals surface area contributed by atoms with Crippen molar-refractivity contribution in [3.8, 4) is 0 Å². The molecule has 2 N–H and O–H groups in total. The first-order chi connectivity index (χ1) is 8.08. The summed E-state index contributed by atoms with van der Waals surface area (Å²) in [6.45, 7) is 4.42. The molecule has 0 rings (SSSR count). The molecule has 0 amide bonds. The molecule has 0 atom stereocenters. The summed E-state index contributed by atoms with van der Waals surface area (Å²) >= 11 is 0. The van der Waals surface area contributed by atoms with Crippen LogP contribution in [-0.4, -0.2) is 35.4 Å². The molecule has 0 fully saturated rings. The minimum absolute atomic E-state index is 0.253. The van der Waals surface area contributed by atoms with E-state index in [0.717, 1.165) is 18.6 Å². The van der Waals surface area contributed by atoms with Gasteiger partial charge >= 0.3 is 11.9 Å². The Morgan fingerprint density at radius 1 is 1.12 bits per heavy atom. The lowest BCUT2D eigenvalue weighted by Crippen LogP contribution is -2.00. The van der Waals surface area contributed by atoms with Crippen LogP contribution in [0, 0.1) is 0 Å². The Morgan fingerprint density at radius 2 is 1.76 bits per heavy atom. The van der Waals surface area contributed by atoms with Gasteiger partial charge in [0.05, 0.1) is 6.61 Å². The highest BCUT2D eigenvalue weighted by molar-refractivity contribution is 5.90. The van der Waals surface area contributed by atoms with Crippen LogP contribution in [0.1, 0.15) is 39.5 Å². The van der Waals surface area contributed by atoms with Crippen LogP contribution in [-0.2, 0) is 14.3 Å². The minimum atomic E-state index is -1.16. The molecule has 0 heterocycles. The van der Waals surface area contributed by atoms with Crippen molar-refractivity contribution in [2.75, 3.05) is 13.2 Å². The molecule has 17 heavy (non-hydrogen) atoms. The third kappa shape index (κ3) is 20.7. The van der Waals surface area contributed by atoms with E-state index in [9.17, 15) is 9.59 Å². The van der Waals surface area contributed by atoms with Crippen LogP contribution in [0.2, 0.25) is 0 Å². The summed E-state index contributed by atoms with van der Waals surface area (Å²) < 4.78 is 4.40. The van der Waals surface area contributed by atoms with E-state index >= 15 is 0 Å². The predicted octanol–water partition coefficient (Wildman–Crippen LogP) is 1.75.